The second kappa shape index (κ2) is 10.1. The highest BCUT2D eigenvalue weighted by Crippen LogP contribution is 2.39. The first-order chi connectivity index (χ1) is 17.4. The van der Waals surface area contributed by atoms with Crippen LogP contribution in [0, 0.1) is 5.41 Å². The molecule has 1 fully saturated rings. The molecule has 1 aromatic heterocycles. The van der Waals surface area contributed by atoms with E-state index < -0.39 is 35.3 Å². The summed E-state index contributed by atoms with van der Waals surface area (Å²) in [6.07, 6.45) is -5.01. The van der Waals surface area contributed by atoms with Crippen molar-refractivity contribution in [1.82, 2.24) is 15.0 Å². The van der Waals surface area contributed by atoms with Gasteiger partial charge in [0, 0.05) is 12.1 Å². The lowest BCUT2D eigenvalue weighted by molar-refractivity contribution is -0.139. The third-order valence-electron chi connectivity index (χ3n) is 5.72. The van der Waals surface area contributed by atoms with Crippen LogP contribution in [-0.2, 0) is 12.4 Å². The van der Waals surface area contributed by atoms with Gasteiger partial charge in [0.25, 0.3) is 0 Å². The van der Waals surface area contributed by atoms with Crippen molar-refractivity contribution in [1.29, 1.82) is 5.41 Å². The summed E-state index contributed by atoms with van der Waals surface area (Å²) in [5, 5.41) is 11.4. The van der Waals surface area contributed by atoms with E-state index >= 15 is 0 Å². The van der Waals surface area contributed by atoms with E-state index in [1.54, 1.807) is 4.90 Å². The predicted octanol–water partition coefficient (Wildman–Crippen LogP) is 5.90. The van der Waals surface area contributed by atoms with E-state index in [-0.39, 0.29) is 29.8 Å². The topological polar surface area (TPSA) is 101 Å². The number of rotatable bonds is 6. The smallest absolute Gasteiger partial charge is 0.419 e. The molecule has 3 N–H and O–H groups in total. The molecule has 0 radical (unpaired) electrons. The minimum Gasteiger partial charge on any atom is -0.489 e. The summed E-state index contributed by atoms with van der Waals surface area (Å²) >= 11 is 0. The van der Waals surface area contributed by atoms with E-state index in [0.29, 0.717) is 18.5 Å². The van der Waals surface area contributed by atoms with Gasteiger partial charge < -0.3 is 19.9 Å². The highest BCUT2D eigenvalue weighted by Gasteiger charge is 2.36. The molecule has 0 bridgehead atoms. The van der Waals surface area contributed by atoms with Crippen molar-refractivity contribution in [3.63, 3.8) is 0 Å². The molecule has 0 amide bonds. The molecule has 0 aliphatic carbocycles. The standard InChI is InChI=1S/C24H21F6N5O2/c25-23(26,27)16-8-5-14(6-9-16)3-2-12-36-19-10-7-15(13-17(19)24(28,29)30)20-33-21(37-34-20)18-4-1-11-35(18)22(31)32/h2-3,5-10,13,18H,1,4,11-12H2,(H3,31,32)/b3-2+. The summed E-state index contributed by atoms with van der Waals surface area (Å²) in [7, 11) is 0. The molecule has 1 saturated heterocycles. The first-order valence-corrected chi connectivity index (χ1v) is 11.1. The SMILES string of the molecule is N=C(N)N1CCCC1c1nc(-c2ccc(OC/C=C/c3ccc(C(F)(F)F)cc3)c(C(F)(F)F)c2)no1. The fourth-order valence-corrected chi connectivity index (χ4v) is 3.92. The lowest BCUT2D eigenvalue weighted by Crippen LogP contribution is -2.35. The van der Waals surface area contributed by atoms with Crippen molar-refractivity contribution >= 4 is 12.0 Å². The molecule has 37 heavy (non-hydrogen) atoms. The van der Waals surface area contributed by atoms with Crippen molar-refractivity contribution in [2.24, 2.45) is 5.73 Å². The maximum absolute atomic E-state index is 13.7. The van der Waals surface area contributed by atoms with Gasteiger partial charge in [0.1, 0.15) is 18.4 Å². The van der Waals surface area contributed by atoms with E-state index in [9.17, 15) is 26.3 Å². The fraction of sp³-hybridized carbons (Fsp3) is 0.292. The van der Waals surface area contributed by atoms with E-state index in [2.05, 4.69) is 10.1 Å². The monoisotopic (exact) mass is 525 g/mol. The lowest BCUT2D eigenvalue weighted by atomic mass is 10.1. The van der Waals surface area contributed by atoms with Gasteiger partial charge in [-0.2, -0.15) is 31.3 Å². The second-order valence-corrected chi connectivity index (χ2v) is 8.23. The van der Waals surface area contributed by atoms with Gasteiger partial charge in [-0.05, 0) is 54.8 Å². The molecule has 13 heteroatoms. The lowest BCUT2D eigenvalue weighted by Gasteiger charge is -2.21. The summed E-state index contributed by atoms with van der Waals surface area (Å²) in [4.78, 5) is 5.79. The summed E-state index contributed by atoms with van der Waals surface area (Å²) in [6.45, 7) is 0.285. The Kier molecular flexibility index (Phi) is 7.14. The third kappa shape index (κ3) is 6.04. The predicted molar refractivity (Wildman–Crippen MR) is 121 cm³/mol. The molecule has 4 rings (SSSR count). The number of ether oxygens (including phenoxy) is 1. The summed E-state index contributed by atoms with van der Waals surface area (Å²) in [6, 6.07) is 7.24. The summed E-state index contributed by atoms with van der Waals surface area (Å²) in [5.41, 5.74) is 4.20. The molecule has 7 nitrogen and oxygen atoms in total. The van der Waals surface area contributed by atoms with Gasteiger partial charge in [0.2, 0.25) is 11.7 Å². The quantitative estimate of drug-likeness (QED) is 0.236. The Morgan fingerprint density at radius 3 is 2.49 bits per heavy atom. The number of halogens is 6. The zero-order chi connectivity index (χ0) is 26.8. The molecule has 0 saturated carbocycles. The number of guanidine groups is 1. The van der Waals surface area contributed by atoms with E-state index in [1.165, 1.54) is 30.4 Å². The van der Waals surface area contributed by atoms with Gasteiger partial charge >= 0.3 is 12.4 Å². The van der Waals surface area contributed by atoms with Crippen LogP contribution in [0.1, 0.15) is 41.5 Å². The number of aromatic nitrogens is 2. The summed E-state index contributed by atoms with van der Waals surface area (Å²) < 4.78 is 89.7. The van der Waals surface area contributed by atoms with E-state index in [1.807, 2.05) is 0 Å². The van der Waals surface area contributed by atoms with Crippen LogP contribution in [0.3, 0.4) is 0 Å². The third-order valence-corrected chi connectivity index (χ3v) is 5.72. The minimum atomic E-state index is -4.74. The number of likely N-dealkylation sites (tertiary alicyclic amines) is 1. The molecular weight excluding hydrogens is 504 g/mol. The number of nitrogens with zero attached hydrogens (tertiary/aromatic N) is 3. The first-order valence-electron chi connectivity index (χ1n) is 11.1. The Morgan fingerprint density at radius 2 is 1.84 bits per heavy atom. The Balaban J connectivity index is 1.48. The number of nitrogens with two attached hydrogens (primary N) is 1. The van der Waals surface area contributed by atoms with E-state index in [0.717, 1.165) is 30.7 Å². The maximum atomic E-state index is 13.7. The second-order valence-electron chi connectivity index (χ2n) is 8.23. The van der Waals surface area contributed by atoms with Crippen molar-refractivity contribution < 1.29 is 35.6 Å². The normalized spacial score (nSPS) is 16.5. The van der Waals surface area contributed by atoms with Gasteiger partial charge in [0.05, 0.1) is 11.1 Å². The van der Waals surface area contributed by atoms with Crippen molar-refractivity contribution in [3.05, 3.63) is 71.1 Å². The van der Waals surface area contributed by atoms with Crippen molar-refractivity contribution in [2.75, 3.05) is 13.2 Å². The Labute approximate surface area is 207 Å². The number of alkyl halides is 6. The van der Waals surface area contributed by atoms with Crippen molar-refractivity contribution in [3.8, 4) is 17.1 Å². The molecule has 1 atom stereocenters. The van der Waals surface area contributed by atoms with Crippen LogP contribution in [-0.4, -0.2) is 34.2 Å². The first kappa shape index (κ1) is 26.0. The zero-order valence-corrected chi connectivity index (χ0v) is 19.1. The van der Waals surface area contributed by atoms with Crippen LogP contribution in [0.5, 0.6) is 5.75 Å². The summed E-state index contributed by atoms with van der Waals surface area (Å²) in [5.74, 6) is -0.485. The fourth-order valence-electron chi connectivity index (χ4n) is 3.92. The molecule has 1 aliphatic rings. The van der Waals surface area contributed by atoms with E-state index in [4.69, 9.17) is 20.4 Å². The Hall–Kier alpha value is -4.03. The van der Waals surface area contributed by atoms with Crippen LogP contribution in [0.2, 0.25) is 0 Å². The van der Waals surface area contributed by atoms with Crippen LogP contribution >= 0.6 is 0 Å². The number of nitrogens with one attached hydrogen (secondary N) is 1. The minimum absolute atomic E-state index is 0.0512. The number of hydrogen-bond acceptors (Lipinski definition) is 5. The molecule has 2 heterocycles. The average Bonchev–Trinajstić information content (AvgIpc) is 3.51. The van der Waals surface area contributed by atoms with Gasteiger partial charge in [-0.25, -0.2) is 0 Å². The van der Waals surface area contributed by atoms with Crippen LogP contribution in [0.25, 0.3) is 17.5 Å². The number of benzene rings is 2. The van der Waals surface area contributed by atoms with Gasteiger partial charge in [-0.3, -0.25) is 5.41 Å². The van der Waals surface area contributed by atoms with Gasteiger partial charge in [-0.1, -0.05) is 23.4 Å². The molecule has 1 aliphatic heterocycles. The Bertz CT molecular complexity index is 1280. The molecule has 2 aromatic carbocycles. The van der Waals surface area contributed by atoms with Gasteiger partial charge in [-0.15, -0.1) is 0 Å². The maximum Gasteiger partial charge on any atom is 0.419 e. The molecule has 0 spiro atoms. The highest BCUT2D eigenvalue weighted by atomic mass is 19.4. The van der Waals surface area contributed by atoms with Crippen molar-refractivity contribution in [2.45, 2.75) is 31.2 Å². The largest absolute Gasteiger partial charge is 0.489 e. The van der Waals surface area contributed by atoms with Crippen LogP contribution < -0.4 is 10.5 Å². The molecule has 196 valence electrons. The molecule has 1 unspecified atom stereocenters. The average molecular weight is 525 g/mol. The van der Waals surface area contributed by atoms with Crippen LogP contribution in [0.15, 0.2) is 53.1 Å². The van der Waals surface area contributed by atoms with Gasteiger partial charge in [0.15, 0.2) is 5.96 Å². The Morgan fingerprint density at radius 1 is 1.11 bits per heavy atom. The zero-order valence-electron chi connectivity index (χ0n) is 19.1. The highest BCUT2D eigenvalue weighted by molar-refractivity contribution is 5.75. The molecule has 3 aromatic rings. The molecular formula is C24H21F6N5O2. The number of hydrogen-bond donors (Lipinski definition) is 2. The van der Waals surface area contributed by atoms with Crippen LogP contribution in [0.4, 0.5) is 26.3 Å².